The van der Waals surface area contributed by atoms with Gasteiger partial charge in [0.1, 0.15) is 6.79 Å². The molecule has 25 heavy (non-hydrogen) atoms. The third-order valence-electron chi connectivity index (χ3n) is 4.78. The second kappa shape index (κ2) is 5.86. The summed E-state index contributed by atoms with van der Waals surface area (Å²) in [6.07, 6.45) is 1.10. The third-order valence-corrected chi connectivity index (χ3v) is 4.78. The van der Waals surface area contributed by atoms with Gasteiger partial charge in [0.15, 0.2) is 23.2 Å². The van der Waals surface area contributed by atoms with E-state index in [0.29, 0.717) is 43.0 Å². The molecule has 1 aliphatic heterocycles. The van der Waals surface area contributed by atoms with Gasteiger partial charge in [-0.1, -0.05) is 0 Å². The summed E-state index contributed by atoms with van der Waals surface area (Å²) in [4.78, 5) is 17.2. The maximum atomic E-state index is 13.6. The molecule has 0 amide bonds. The van der Waals surface area contributed by atoms with Crippen molar-refractivity contribution in [2.75, 3.05) is 20.0 Å². The summed E-state index contributed by atoms with van der Waals surface area (Å²) in [6, 6.07) is 5.20. The molecule has 1 aromatic heterocycles. The van der Waals surface area contributed by atoms with E-state index >= 15 is 0 Å². The first-order valence-electron chi connectivity index (χ1n) is 7.89. The van der Waals surface area contributed by atoms with E-state index in [2.05, 4.69) is 4.98 Å². The molecule has 5 nitrogen and oxygen atoms in total. The van der Waals surface area contributed by atoms with Crippen molar-refractivity contribution in [2.24, 2.45) is 5.41 Å². The van der Waals surface area contributed by atoms with Gasteiger partial charge in [-0.05, 0) is 37.1 Å². The number of ether oxygens (including phenoxy) is 2. The number of hydrogen-bond donors (Lipinski definition) is 1. The van der Waals surface area contributed by atoms with E-state index < -0.39 is 22.8 Å². The zero-order chi connectivity index (χ0) is 17.6. The van der Waals surface area contributed by atoms with Gasteiger partial charge in [-0.2, -0.15) is 0 Å². The predicted molar refractivity (Wildman–Crippen MR) is 83.1 cm³/mol. The van der Waals surface area contributed by atoms with Crippen LogP contribution in [0, 0.1) is 17.0 Å². The molecule has 7 heteroatoms. The summed E-state index contributed by atoms with van der Waals surface area (Å²) in [5.74, 6) is -3.20. The number of ketones is 1. The number of phenolic OH excluding ortho intramolecular Hbond substituents is 1. The van der Waals surface area contributed by atoms with Crippen molar-refractivity contribution in [1.29, 1.82) is 0 Å². The lowest BCUT2D eigenvalue weighted by Crippen LogP contribution is -2.47. The Hall–Kier alpha value is -2.38. The van der Waals surface area contributed by atoms with Gasteiger partial charge in [0.25, 0.3) is 0 Å². The fraction of sp³-hybridized carbons (Fsp3) is 0.333. The van der Waals surface area contributed by atoms with Gasteiger partial charge >= 0.3 is 0 Å². The van der Waals surface area contributed by atoms with E-state index in [9.17, 15) is 18.7 Å². The van der Waals surface area contributed by atoms with Crippen LogP contribution in [0.5, 0.6) is 5.75 Å². The van der Waals surface area contributed by atoms with Gasteiger partial charge in [0.05, 0.1) is 30.0 Å². The van der Waals surface area contributed by atoms with Crippen molar-refractivity contribution in [3.8, 4) is 17.0 Å². The van der Waals surface area contributed by atoms with Crippen molar-refractivity contribution in [1.82, 2.24) is 4.98 Å². The number of pyridine rings is 1. The topological polar surface area (TPSA) is 68.7 Å². The van der Waals surface area contributed by atoms with Crippen molar-refractivity contribution < 1.29 is 28.2 Å². The Kier molecular flexibility index (Phi) is 3.77. The zero-order valence-electron chi connectivity index (χ0n) is 13.2. The molecule has 130 valence electrons. The first-order chi connectivity index (χ1) is 12.0. The first kappa shape index (κ1) is 16.1. The summed E-state index contributed by atoms with van der Waals surface area (Å²) in [6.45, 7) is 0.833. The standard InChI is InChI=1S/C18H15F2NO4/c19-12-5-10(6-13(20)16(12)22)14-2-1-11-15(21-14)3-4-18(17(11)23)7-24-9-25-8-18/h1-2,5-6,22H,3-4,7-9H2. The highest BCUT2D eigenvalue weighted by Gasteiger charge is 2.45. The molecule has 1 aliphatic carbocycles. The van der Waals surface area contributed by atoms with Crippen molar-refractivity contribution in [3.63, 3.8) is 0 Å². The summed E-state index contributed by atoms with van der Waals surface area (Å²) in [7, 11) is 0. The van der Waals surface area contributed by atoms with Gasteiger partial charge in [-0.25, -0.2) is 8.78 Å². The number of aromatic hydroxyl groups is 1. The van der Waals surface area contributed by atoms with Crippen LogP contribution in [0.1, 0.15) is 22.5 Å². The number of rotatable bonds is 1. The lowest BCUT2D eigenvalue weighted by Gasteiger charge is -2.38. The minimum Gasteiger partial charge on any atom is -0.503 e. The smallest absolute Gasteiger partial charge is 0.187 e. The third kappa shape index (κ3) is 2.60. The Morgan fingerprint density at radius 3 is 2.48 bits per heavy atom. The predicted octanol–water partition coefficient (Wildman–Crippen LogP) is 2.85. The largest absolute Gasteiger partial charge is 0.503 e. The van der Waals surface area contributed by atoms with Gasteiger partial charge in [0, 0.05) is 11.1 Å². The van der Waals surface area contributed by atoms with Crippen LogP contribution in [0.25, 0.3) is 11.3 Å². The molecule has 1 aromatic carbocycles. The molecule has 2 aromatic rings. The average Bonchev–Trinajstić information content (AvgIpc) is 2.63. The molecule has 4 rings (SSSR count). The number of Topliss-reactive ketones (excluding diaryl/α,β-unsaturated/α-hetero) is 1. The number of hydrogen-bond acceptors (Lipinski definition) is 5. The van der Waals surface area contributed by atoms with E-state index in [4.69, 9.17) is 9.47 Å². The normalized spacial score (nSPS) is 19.0. The molecule has 1 saturated heterocycles. The highest BCUT2D eigenvalue weighted by Crippen LogP contribution is 2.38. The van der Waals surface area contributed by atoms with Crippen LogP contribution in [-0.4, -0.2) is 35.9 Å². The lowest BCUT2D eigenvalue weighted by molar-refractivity contribution is -0.152. The van der Waals surface area contributed by atoms with Crippen LogP contribution in [0.3, 0.4) is 0 Å². The summed E-state index contributed by atoms with van der Waals surface area (Å²) in [5, 5.41) is 9.21. The number of aromatic nitrogens is 1. The van der Waals surface area contributed by atoms with Gasteiger partial charge in [-0.3, -0.25) is 9.78 Å². The first-order valence-corrected chi connectivity index (χ1v) is 7.89. The molecule has 2 heterocycles. The number of phenols is 1. The Labute approximate surface area is 142 Å². The molecule has 0 saturated carbocycles. The number of carbonyl (C=O) groups excluding carboxylic acids is 1. The average molecular weight is 347 g/mol. The summed E-state index contributed by atoms with van der Waals surface area (Å²) < 4.78 is 37.7. The maximum Gasteiger partial charge on any atom is 0.187 e. The second-order valence-corrected chi connectivity index (χ2v) is 6.40. The van der Waals surface area contributed by atoms with Crippen LogP contribution < -0.4 is 0 Å². The molecule has 2 aliphatic rings. The summed E-state index contributed by atoms with van der Waals surface area (Å²) in [5.41, 5.74) is 0.950. The quantitative estimate of drug-likeness (QED) is 0.859. The van der Waals surface area contributed by atoms with Crippen LogP contribution in [0.15, 0.2) is 24.3 Å². The van der Waals surface area contributed by atoms with E-state index in [1.165, 1.54) is 0 Å². The van der Waals surface area contributed by atoms with Crippen LogP contribution in [0.4, 0.5) is 8.78 Å². The molecule has 0 bridgehead atoms. The maximum absolute atomic E-state index is 13.6. The molecule has 1 N–H and O–H groups in total. The van der Waals surface area contributed by atoms with E-state index in [1.807, 2.05) is 0 Å². The molecular formula is C18H15F2NO4. The van der Waals surface area contributed by atoms with Crippen molar-refractivity contribution in [2.45, 2.75) is 12.8 Å². The fourth-order valence-corrected chi connectivity index (χ4v) is 3.38. The minimum absolute atomic E-state index is 0.0735. The highest BCUT2D eigenvalue weighted by molar-refractivity contribution is 6.03. The second-order valence-electron chi connectivity index (χ2n) is 6.40. The monoisotopic (exact) mass is 347 g/mol. The molecule has 0 unspecified atom stereocenters. The van der Waals surface area contributed by atoms with Gasteiger partial charge in [0.2, 0.25) is 0 Å². The van der Waals surface area contributed by atoms with Crippen molar-refractivity contribution >= 4 is 5.78 Å². The number of aryl methyl sites for hydroxylation is 1. The number of fused-ring (bicyclic) bond motifs is 1. The Morgan fingerprint density at radius 1 is 1.12 bits per heavy atom. The van der Waals surface area contributed by atoms with Crippen LogP contribution in [0.2, 0.25) is 0 Å². The SMILES string of the molecule is O=C1c2ccc(-c3cc(F)c(O)c(F)c3)nc2CCC12COCOC2. The van der Waals surface area contributed by atoms with E-state index in [0.717, 1.165) is 12.1 Å². The molecule has 1 fully saturated rings. The molecule has 0 radical (unpaired) electrons. The number of benzene rings is 1. The zero-order valence-corrected chi connectivity index (χ0v) is 13.2. The fourth-order valence-electron chi connectivity index (χ4n) is 3.38. The molecular weight excluding hydrogens is 332 g/mol. The summed E-state index contributed by atoms with van der Waals surface area (Å²) >= 11 is 0. The van der Waals surface area contributed by atoms with Gasteiger partial charge in [-0.15, -0.1) is 0 Å². The molecule has 1 spiro atoms. The van der Waals surface area contributed by atoms with E-state index in [1.54, 1.807) is 12.1 Å². The lowest BCUT2D eigenvalue weighted by atomic mass is 9.72. The Morgan fingerprint density at radius 2 is 1.80 bits per heavy atom. The number of carbonyl (C=O) groups is 1. The van der Waals surface area contributed by atoms with Crippen LogP contribution in [-0.2, 0) is 15.9 Å². The molecule has 0 atom stereocenters. The van der Waals surface area contributed by atoms with E-state index in [-0.39, 0.29) is 18.1 Å². The Balaban J connectivity index is 1.71. The number of nitrogens with zero attached hydrogens (tertiary/aromatic N) is 1. The minimum atomic E-state index is -1.05. The van der Waals surface area contributed by atoms with Crippen molar-refractivity contribution in [3.05, 3.63) is 47.2 Å². The Bertz CT molecular complexity index is 839. The van der Waals surface area contributed by atoms with Gasteiger partial charge < -0.3 is 14.6 Å². The number of halogens is 2. The highest BCUT2D eigenvalue weighted by atomic mass is 19.1. The van der Waals surface area contributed by atoms with Crippen LogP contribution >= 0.6 is 0 Å².